The maximum atomic E-state index is 12.9. The summed E-state index contributed by atoms with van der Waals surface area (Å²) in [6.07, 6.45) is 0.977. The zero-order chi connectivity index (χ0) is 25.6. The summed E-state index contributed by atoms with van der Waals surface area (Å²) < 4.78 is 32.4. The van der Waals surface area contributed by atoms with Crippen LogP contribution >= 0.6 is 0 Å². The third-order valence-corrected chi connectivity index (χ3v) is 7.77. The topological polar surface area (TPSA) is 129 Å². The van der Waals surface area contributed by atoms with E-state index < -0.39 is 26.6 Å². The number of sulfonamides is 1. The van der Waals surface area contributed by atoms with Crippen molar-refractivity contribution < 1.29 is 22.7 Å². The van der Waals surface area contributed by atoms with E-state index in [0.717, 1.165) is 6.54 Å². The molecule has 2 aromatic rings. The number of hydrogen-bond acceptors (Lipinski definition) is 7. The lowest BCUT2D eigenvalue weighted by atomic mass is 9.72. The number of piperidine rings is 1. The standard InChI is InChI=1S/C25H35N3O6S/c1-18(2)27-35(32,33)14-11-26-22(30)16-25(24-23(31)21(29)15-19(3)34-24)9-12-28(13-10-25)17-20-7-5-4-6-8-20/h4-8,15,18,27,31H,9-14,16-17H2,1-3H3,(H,26,30). The molecule has 35 heavy (non-hydrogen) atoms. The van der Waals surface area contributed by atoms with Gasteiger partial charge in [-0.1, -0.05) is 30.3 Å². The highest BCUT2D eigenvalue weighted by Gasteiger charge is 2.43. The number of carbonyl (C=O) groups is 1. The maximum Gasteiger partial charge on any atom is 0.227 e. The van der Waals surface area contributed by atoms with Crippen molar-refractivity contribution in [1.29, 1.82) is 0 Å². The first-order valence-corrected chi connectivity index (χ1v) is 13.5. The predicted octanol–water partition coefficient (Wildman–Crippen LogP) is 2.02. The van der Waals surface area contributed by atoms with E-state index in [9.17, 15) is 23.1 Å². The summed E-state index contributed by atoms with van der Waals surface area (Å²) in [5.41, 5.74) is -0.235. The molecule has 1 fully saturated rings. The van der Waals surface area contributed by atoms with Crippen LogP contribution in [-0.4, -0.2) is 55.8 Å². The molecule has 2 heterocycles. The summed E-state index contributed by atoms with van der Waals surface area (Å²) >= 11 is 0. The molecule has 1 aliphatic rings. The minimum Gasteiger partial charge on any atom is -0.502 e. The molecule has 1 aliphatic heterocycles. The third kappa shape index (κ3) is 7.39. The number of carbonyl (C=O) groups excluding carboxylic acids is 1. The van der Waals surface area contributed by atoms with E-state index in [2.05, 4.69) is 27.1 Å². The van der Waals surface area contributed by atoms with Gasteiger partial charge in [-0.05, 0) is 52.3 Å². The van der Waals surface area contributed by atoms with E-state index in [1.807, 2.05) is 18.2 Å². The second kappa shape index (κ2) is 11.4. The molecule has 0 radical (unpaired) electrons. The Morgan fingerprint density at radius 1 is 1.20 bits per heavy atom. The molecule has 0 unspecified atom stereocenters. The molecule has 3 N–H and O–H groups in total. The molecule has 0 saturated carbocycles. The molecule has 0 aliphatic carbocycles. The van der Waals surface area contributed by atoms with E-state index in [0.29, 0.717) is 31.7 Å². The van der Waals surface area contributed by atoms with E-state index in [4.69, 9.17) is 4.42 Å². The van der Waals surface area contributed by atoms with Gasteiger partial charge in [0.05, 0.1) is 5.75 Å². The summed E-state index contributed by atoms with van der Waals surface area (Å²) in [5.74, 6) is -0.570. The van der Waals surface area contributed by atoms with E-state index >= 15 is 0 Å². The van der Waals surface area contributed by atoms with Crippen LogP contribution in [0, 0.1) is 6.92 Å². The average Bonchev–Trinajstić information content (AvgIpc) is 2.77. The number of aromatic hydroxyl groups is 1. The van der Waals surface area contributed by atoms with Crippen molar-refractivity contribution in [3.63, 3.8) is 0 Å². The van der Waals surface area contributed by atoms with Gasteiger partial charge in [0, 0.05) is 37.0 Å². The second-order valence-electron chi connectivity index (χ2n) is 9.56. The fourth-order valence-electron chi connectivity index (χ4n) is 4.54. The molecule has 192 valence electrons. The van der Waals surface area contributed by atoms with Crippen LogP contribution in [0.25, 0.3) is 0 Å². The number of hydrogen-bond donors (Lipinski definition) is 3. The third-order valence-electron chi connectivity index (χ3n) is 6.20. The Kier molecular flexibility index (Phi) is 8.74. The number of nitrogens with zero attached hydrogens (tertiary/aromatic N) is 1. The fourth-order valence-corrected chi connectivity index (χ4v) is 5.75. The Bertz CT molecular complexity index is 1170. The first kappa shape index (κ1) is 26.9. The van der Waals surface area contributed by atoms with Gasteiger partial charge in [-0.25, -0.2) is 13.1 Å². The van der Waals surface area contributed by atoms with E-state index in [1.165, 1.54) is 11.6 Å². The smallest absolute Gasteiger partial charge is 0.227 e. The first-order chi connectivity index (χ1) is 16.5. The Labute approximate surface area is 206 Å². The number of likely N-dealkylation sites (tertiary alicyclic amines) is 1. The number of benzene rings is 1. The van der Waals surface area contributed by atoms with Gasteiger partial charge in [0.15, 0.2) is 5.76 Å². The SMILES string of the molecule is Cc1cc(=O)c(O)c(C2(CC(=O)NCCS(=O)(=O)NC(C)C)CCN(Cc3ccccc3)CC2)o1. The molecule has 1 amide bonds. The van der Waals surface area contributed by atoms with Crippen molar-refractivity contribution in [1.82, 2.24) is 14.9 Å². The Balaban J connectivity index is 1.75. The summed E-state index contributed by atoms with van der Waals surface area (Å²) in [6.45, 7) is 7.10. The first-order valence-electron chi connectivity index (χ1n) is 11.9. The van der Waals surface area contributed by atoms with Crippen molar-refractivity contribution in [3.8, 4) is 5.75 Å². The zero-order valence-electron chi connectivity index (χ0n) is 20.5. The molecule has 1 saturated heterocycles. The number of rotatable bonds is 10. The highest BCUT2D eigenvalue weighted by Crippen LogP contribution is 2.42. The highest BCUT2D eigenvalue weighted by molar-refractivity contribution is 7.89. The van der Waals surface area contributed by atoms with Crippen LogP contribution in [0.3, 0.4) is 0 Å². The van der Waals surface area contributed by atoms with Crippen LogP contribution in [0.2, 0.25) is 0 Å². The summed E-state index contributed by atoms with van der Waals surface area (Å²) in [7, 11) is -3.50. The van der Waals surface area contributed by atoms with Crippen molar-refractivity contribution in [2.75, 3.05) is 25.4 Å². The highest BCUT2D eigenvalue weighted by atomic mass is 32.2. The number of aryl methyl sites for hydroxylation is 1. The lowest BCUT2D eigenvalue weighted by Crippen LogP contribution is -2.46. The van der Waals surface area contributed by atoms with Crippen LogP contribution in [0.1, 0.15) is 50.2 Å². The van der Waals surface area contributed by atoms with Gasteiger partial charge >= 0.3 is 0 Å². The number of nitrogens with one attached hydrogen (secondary N) is 2. The predicted molar refractivity (Wildman–Crippen MR) is 134 cm³/mol. The molecular weight excluding hydrogens is 470 g/mol. The lowest BCUT2D eigenvalue weighted by Gasteiger charge is -2.41. The minimum absolute atomic E-state index is 0.0240. The van der Waals surface area contributed by atoms with E-state index in [-0.39, 0.29) is 36.4 Å². The van der Waals surface area contributed by atoms with Crippen molar-refractivity contribution in [2.45, 2.75) is 58.0 Å². The quantitative estimate of drug-likeness (QED) is 0.451. The van der Waals surface area contributed by atoms with Gasteiger partial charge < -0.3 is 14.8 Å². The van der Waals surface area contributed by atoms with Crippen LogP contribution in [0.4, 0.5) is 0 Å². The molecule has 0 spiro atoms. The van der Waals surface area contributed by atoms with Gasteiger partial charge in [-0.3, -0.25) is 14.5 Å². The molecule has 9 nitrogen and oxygen atoms in total. The molecule has 10 heteroatoms. The van der Waals surface area contributed by atoms with Gasteiger partial charge in [0.1, 0.15) is 5.76 Å². The monoisotopic (exact) mass is 505 g/mol. The second-order valence-corrected chi connectivity index (χ2v) is 11.4. The van der Waals surface area contributed by atoms with Gasteiger partial charge in [0.2, 0.25) is 27.1 Å². The lowest BCUT2D eigenvalue weighted by molar-refractivity contribution is -0.123. The molecule has 0 atom stereocenters. The van der Waals surface area contributed by atoms with Gasteiger partial charge in [-0.2, -0.15) is 0 Å². The normalized spacial score (nSPS) is 16.3. The zero-order valence-corrected chi connectivity index (χ0v) is 21.4. The molecule has 1 aromatic heterocycles. The molecule has 0 bridgehead atoms. The van der Waals surface area contributed by atoms with Crippen LogP contribution < -0.4 is 15.5 Å². The maximum absolute atomic E-state index is 12.9. The van der Waals surface area contributed by atoms with E-state index in [1.54, 1.807) is 20.8 Å². The Morgan fingerprint density at radius 2 is 1.86 bits per heavy atom. The van der Waals surface area contributed by atoms with Crippen LogP contribution in [-0.2, 0) is 26.8 Å². The Hall–Kier alpha value is -2.69. The van der Waals surface area contributed by atoms with Crippen molar-refractivity contribution in [3.05, 3.63) is 63.7 Å². The molecular formula is C25H35N3O6S. The van der Waals surface area contributed by atoms with Crippen molar-refractivity contribution in [2.24, 2.45) is 0 Å². The van der Waals surface area contributed by atoms with Crippen LogP contribution in [0.15, 0.2) is 45.6 Å². The van der Waals surface area contributed by atoms with Crippen LogP contribution in [0.5, 0.6) is 5.75 Å². The van der Waals surface area contributed by atoms with Gasteiger partial charge in [-0.15, -0.1) is 0 Å². The largest absolute Gasteiger partial charge is 0.502 e. The molecule has 3 rings (SSSR count). The summed E-state index contributed by atoms with van der Waals surface area (Å²) in [4.78, 5) is 27.5. The number of amides is 1. The summed E-state index contributed by atoms with van der Waals surface area (Å²) in [5, 5.41) is 13.3. The fraction of sp³-hybridized carbons (Fsp3) is 0.520. The van der Waals surface area contributed by atoms with Gasteiger partial charge in [0.25, 0.3) is 0 Å². The molecule has 1 aromatic carbocycles. The minimum atomic E-state index is -3.50. The average molecular weight is 506 g/mol. The summed E-state index contributed by atoms with van der Waals surface area (Å²) in [6, 6.07) is 11.1. The Morgan fingerprint density at radius 3 is 2.49 bits per heavy atom. The van der Waals surface area contributed by atoms with Crippen molar-refractivity contribution >= 4 is 15.9 Å².